The molecule has 25 heavy (non-hydrogen) atoms. The molecule has 6 nitrogen and oxygen atoms in total. The first kappa shape index (κ1) is 18.4. The summed E-state index contributed by atoms with van der Waals surface area (Å²) in [6.45, 7) is -1.28. The normalized spacial score (nSPS) is 11.0. The SMILES string of the molecule is COc1cc(CNC(=O)c2ccc(OCC(F)(F)F)nc2)ccc1O. The molecule has 0 saturated heterocycles. The van der Waals surface area contributed by atoms with Crippen molar-refractivity contribution in [1.29, 1.82) is 0 Å². The monoisotopic (exact) mass is 356 g/mol. The minimum absolute atomic E-state index is 0.0174. The summed E-state index contributed by atoms with van der Waals surface area (Å²) in [6, 6.07) is 7.12. The van der Waals surface area contributed by atoms with Gasteiger partial charge in [-0.05, 0) is 23.8 Å². The predicted octanol–water partition coefficient (Wildman–Crippen LogP) is 2.67. The second-order valence-corrected chi connectivity index (χ2v) is 4.98. The van der Waals surface area contributed by atoms with Crippen LogP contribution in [0.1, 0.15) is 15.9 Å². The highest BCUT2D eigenvalue weighted by Gasteiger charge is 2.28. The van der Waals surface area contributed by atoms with Crippen LogP contribution in [-0.4, -0.2) is 35.9 Å². The molecule has 0 aliphatic carbocycles. The Morgan fingerprint density at radius 2 is 2.04 bits per heavy atom. The zero-order chi connectivity index (χ0) is 18.4. The van der Waals surface area contributed by atoms with Gasteiger partial charge in [0.15, 0.2) is 18.1 Å². The Morgan fingerprint density at radius 1 is 1.28 bits per heavy atom. The number of methoxy groups -OCH3 is 1. The number of nitrogens with zero attached hydrogens (tertiary/aromatic N) is 1. The summed E-state index contributed by atoms with van der Waals surface area (Å²) in [6.07, 6.45) is -3.33. The van der Waals surface area contributed by atoms with Gasteiger partial charge in [0.05, 0.1) is 12.7 Å². The number of aromatic hydroxyl groups is 1. The first-order valence-corrected chi connectivity index (χ1v) is 7.08. The lowest BCUT2D eigenvalue weighted by atomic mass is 10.2. The van der Waals surface area contributed by atoms with E-state index in [1.54, 1.807) is 12.1 Å². The molecule has 0 aliphatic rings. The molecular formula is C16H15F3N2O4. The van der Waals surface area contributed by atoms with Crippen molar-refractivity contribution in [3.05, 3.63) is 47.7 Å². The number of alkyl halides is 3. The maximum Gasteiger partial charge on any atom is 0.422 e. The number of hydrogen-bond donors (Lipinski definition) is 2. The number of amides is 1. The molecule has 0 bridgehead atoms. The fourth-order valence-electron chi connectivity index (χ4n) is 1.87. The maximum absolute atomic E-state index is 12.0. The van der Waals surface area contributed by atoms with Gasteiger partial charge in [-0.1, -0.05) is 6.07 Å². The van der Waals surface area contributed by atoms with Crippen LogP contribution in [0.3, 0.4) is 0 Å². The van der Waals surface area contributed by atoms with Crippen molar-refractivity contribution in [2.24, 2.45) is 0 Å². The molecule has 9 heteroatoms. The van der Waals surface area contributed by atoms with E-state index in [2.05, 4.69) is 15.0 Å². The topological polar surface area (TPSA) is 80.7 Å². The van der Waals surface area contributed by atoms with Gasteiger partial charge in [-0.25, -0.2) is 4.98 Å². The van der Waals surface area contributed by atoms with Gasteiger partial charge in [0, 0.05) is 18.8 Å². The third kappa shape index (κ3) is 5.55. The molecule has 0 radical (unpaired) electrons. The number of phenols is 1. The number of carbonyl (C=O) groups excluding carboxylic acids is 1. The van der Waals surface area contributed by atoms with Crippen LogP contribution in [0, 0.1) is 0 Å². The lowest BCUT2D eigenvalue weighted by Gasteiger charge is -2.10. The van der Waals surface area contributed by atoms with Gasteiger partial charge < -0.3 is 19.9 Å². The molecule has 0 aliphatic heterocycles. The van der Waals surface area contributed by atoms with E-state index in [0.717, 1.165) is 6.20 Å². The Kier molecular flexibility index (Phi) is 5.68. The van der Waals surface area contributed by atoms with Gasteiger partial charge in [0.2, 0.25) is 5.88 Å². The van der Waals surface area contributed by atoms with Crippen molar-refractivity contribution < 1.29 is 32.5 Å². The van der Waals surface area contributed by atoms with Gasteiger partial charge in [-0.3, -0.25) is 4.79 Å². The van der Waals surface area contributed by atoms with Crippen molar-refractivity contribution in [3.63, 3.8) is 0 Å². The summed E-state index contributed by atoms with van der Waals surface area (Å²) in [5.74, 6) is -0.421. The Hall–Kier alpha value is -2.97. The number of pyridine rings is 1. The molecule has 2 N–H and O–H groups in total. The lowest BCUT2D eigenvalue weighted by Crippen LogP contribution is -2.23. The van der Waals surface area contributed by atoms with E-state index in [4.69, 9.17) is 4.74 Å². The van der Waals surface area contributed by atoms with E-state index in [9.17, 15) is 23.1 Å². The Labute approximate surface area is 141 Å². The average Bonchev–Trinajstić information content (AvgIpc) is 2.58. The van der Waals surface area contributed by atoms with Crippen molar-refractivity contribution in [3.8, 4) is 17.4 Å². The summed E-state index contributed by atoms with van der Waals surface area (Å²) in [5.41, 5.74) is 0.867. The molecule has 0 atom stereocenters. The van der Waals surface area contributed by atoms with E-state index >= 15 is 0 Å². The van der Waals surface area contributed by atoms with Crippen LogP contribution in [0.4, 0.5) is 13.2 Å². The zero-order valence-electron chi connectivity index (χ0n) is 13.1. The number of phenolic OH excluding ortho intramolecular Hbond substituents is 1. The van der Waals surface area contributed by atoms with Crippen LogP contribution >= 0.6 is 0 Å². The summed E-state index contributed by atoms with van der Waals surface area (Å²) < 4.78 is 45.6. The highest BCUT2D eigenvalue weighted by atomic mass is 19.4. The zero-order valence-corrected chi connectivity index (χ0v) is 13.1. The second kappa shape index (κ2) is 7.73. The molecule has 1 aromatic heterocycles. The van der Waals surface area contributed by atoms with E-state index < -0.39 is 18.7 Å². The molecule has 1 heterocycles. The molecule has 2 aromatic rings. The molecule has 1 aromatic carbocycles. The van der Waals surface area contributed by atoms with Crippen molar-refractivity contribution in [2.75, 3.05) is 13.7 Å². The fourth-order valence-corrected chi connectivity index (χ4v) is 1.87. The van der Waals surface area contributed by atoms with Crippen LogP contribution < -0.4 is 14.8 Å². The number of benzene rings is 1. The Morgan fingerprint density at radius 3 is 2.64 bits per heavy atom. The van der Waals surface area contributed by atoms with E-state index in [1.807, 2.05) is 0 Å². The lowest BCUT2D eigenvalue weighted by molar-refractivity contribution is -0.154. The van der Waals surface area contributed by atoms with Gasteiger partial charge >= 0.3 is 6.18 Å². The number of rotatable bonds is 6. The predicted molar refractivity (Wildman–Crippen MR) is 81.6 cm³/mol. The second-order valence-electron chi connectivity index (χ2n) is 4.98. The minimum Gasteiger partial charge on any atom is -0.504 e. The minimum atomic E-state index is -4.46. The van der Waals surface area contributed by atoms with Crippen LogP contribution in [0.5, 0.6) is 17.4 Å². The molecule has 0 saturated carbocycles. The first-order chi connectivity index (χ1) is 11.8. The summed E-state index contributed by atoms with van der Waals surface area (Å²) in [5, 5.41) is 12.1. The smallest absolute Gasteiger partial charge is 0.422 e. The van der Waals surface area contributed by atoms with Crippen molar-refractivity contribution in [1.82, 2.24) is 10.3 Å². The Balaban J connectivity index is 1.92. The molecule has 1 amide bonds. The van der Waals surface area contributed by atoms with Gasteiger partial charge in [0.1, 0.15) is 0 Å². The summed E-state index contributed by atoms with van der Waals surface area (Å²) in [4.78, 5) is 15.7. The molecular weight excluding hydrogens is 341 g/mol. The molecule has 134 valence electrons. The van der Waals surface area contributed by atoms with Crippen LogP contribution in [0.25, 0.3) is 0 Å². The Bertz CT molecular complexity index is 733. The number of ether oxygens (including phenoxy) is 2. The largest absolute Gasteiger partial charge is 0.504 e. The molecule has 0 fully saturated rings. The van der Waals surface area contributed by atoms with E-state index in [-0.39, 0.29) is 29.5 Å². The summed E-state index contributed by atoms with van der Waals surface area (Å²) in [7, 11) is 1.41. The van der Waals surface area contributed by atoms with E-state index in [1.165, 1.54) is 25.3 Å². The fraction of sp³-hybridized carbons (Fsp3) is 0.250. The third-order valence-electron chi connectivity index (χ3n) is 3.08. The average molecular weight is 356 g/mol. The number of halogens is 3. The van der Waals surface area contributed by atoms with Gasteiger partial charge in [-0.15, -0.1) is 0 Å². The highest BCUT2D eigenvalue weighted by Crippen LogP contribution is 2.26. The van der Waals surface area contributed by atoms with Crippen LogP contribution in [0.2, 0.25) is 0 Å². The van der Waals surface area contributed by atoms with Gasteiger partial charge in [-0.2, -0.15) is 13.2 Å². The quantitative estimate of drug-likeness (QED) is 0.832. The van der Waals surface area contributed by atoms with Crippen LogP contribution in [-0.2, 0) is 6.54 Å². The van der Waals surface area contributed by atoms with Gasteiger partial charge in [0.25, 0.3) is 5.91 Å². The molecule has 0 unspecified atom stereocenters. The van der Waals surface area contributed by atoms with Crippen LogP contribution in [0.15, 0.2) is 36.5 Å². The summed E-state index contributed by atoms with van der Waals surface area (Å²) >= 11 is 0. The maximum atomic E-state index is 12.0. The standard InChI is InChI=1S/C16H15F3N2O4/c1-24-13-6-10(2-4-12(13)22)7-21-15(23)11-3-5-14(20-8-11)25-9-16(17,18)19/h2-6,8,22H,7,9H2,1H3,(H,21,23). The number of aromatic nitrogens is 1. The number of nitrogens with one attached hydrogen (secondary N) is 1. The molecule has 0 spiro atoms. The molecule has 2 rings (SSSR count). The number of carbonyl (C=O) groups is 1. The van der Waals surface area contributed by atoms with E-state index in [0.29, 0.717) is 5.56 Å². The number of hydrogen-bond acceptors (Lipinski definition) is 5. The first-order valence-electron chi connectivity index (χ1n) is 7.08. The van der Waals surface area contributed by atoms with Crippen molar-refractivity contribution >= 4 is 5.91 Å². The third-order valence-corrected chi connectivity index (χ3v) is 3.08. The van der Waals surface area contributed by atoms with Crippen molar-refractivity contribution in [2.45, 2.75) is 12.7 Å². The highest BCUT2D eigenvalue weighted by molar-refractivity contribution is 5.93.